The SMILES string of the molecule is CC(C)(C)c1ccc2c(c1)[cH-]c1cc(C(C)(C)C)ccc12.CC1[C-]=CC(C(C)(C)C)=C1.[Cl-].[Cl-].[Zr+2]=[CH]Cc1ccccc1. The summed E-state index contributed by atoms with van der Waals surface area (Å²) < 4.78 is 2.25. The van der Waals surface area contributed by atoms with Crippen molar-refractivity contribution in [1.29, 1.82) is 0 Å². The topological polar surface area (TPSA) is 0 Å². The van der Waals surface area contributed by atoms with E-state index < -0.39 is 0 Å². The molecule has 0 amide bonds. The molecule has 1 unspecified atom stereocenters. The number of allylic oxidation sites excluding steroid dienone is 4. The van der Waals surface area contributed by atoms with Gasteiger partial charge in [-0.1, -0.05) is 116 Å². The maximum absolute atomic E-state index is 3.26. The molecule has 0 radical (unpaired) electrons. The van der Waals surface area contributed by atoms with Crippen molar-refractivity contribution in [2.75, 3.05) is 0 Å². The zero-order valence-electron chi connectivity index (χ0n) is 27.2. The van der Waals surface area contributed by atoms with Crippen LogP contribution in [0.1, 0.15) is 85.9 Å². The van der Waals surface area contributed by atoms with Crippen LogP contribution in [0.4, 0.5) is 0 Å². The third kappa shape index (κ3) is 10.8. The Labute approximate surface area is 283 Å². The fourth-order valence-electron chi connectivity index (χ4n) is 4.74. The van der Waals surface area contributed by atoms with Gasteiger partial charge in [0.2, 0.25) is 0 Å². The first-order valence-electron chi connectivity index (χ1n) is 14.6. The standard InChI is InChI=1S/C21H25.C10H15.C8H8.2ClH.Zr/c1-20(2,3)16-7-9-18-14(12-16)11-15-13-17(21(4,5)6)8-10-19(15)18;1-8-5-6-9(7-8)10(2,3)4;1-2-8-6-4-3-5-7-8;;;/h7-13H,1-6H3;6-8H,1-4H3;1,3-7H,2H2;2*1H;/q2*-1;;;;+2/p-2. The van der Waals surface area contributed by atoms with E-state index in [0.29, 0.717) is 11.3 Å². The zero-order chi connectivity index (χ0) is 29.7. The van der Waals surface area contributed by atoms with Gasteiger partial charge in [0.05, 0.1) is 0 Å². The quantitative estimate of drug-likeness (QED) is 0.266. The van der Waals surface area contributed by atoms with E-state index in [1.807, 2.05) is 6.07 Å². The second kappa shape index (κ2) is 15.9. The molecule has 0 fully saturated rings. The van der Waals surface area contributed by atoms with E-state index in [0.717, 1.165) is 6.42 Å². The second-order valence-corrected chi connectivity index (χ2v) is 15.1. The van der Waals surface area contributed by atoms with Gasteiger partial charge in [-0.05, 0) is 10.8 Å². The Morgan fingerprint density at radius 2 is 1.19 bits per heavy atom. The van der Waals surface area contributed by atoms with E-state index in [4.69, 9.17) is 0 Å². The molecule has 1 aliphatic rings. The molecule has 224 valence electrons. The minimum atomic E-state index is 0. The summed E-state index contributed by atoms with van der Waals surface area (Å²) in [6.45, 7) is 22.5. The summed E-state index contributed by atoms with van der Waals surface area (Å²) in [7, 11) is 0. The summed E-state index contributed by atoms with van der Waals surface area (Å²) in [5.41, 5.74) is 6.34. The Kier molecular flexibility index (Phi) is 14.5. The van der Waals surface area contributed by atoms with Gasteiger partial charge < -0.3 is 24.8 Å². The first-order chi connectivity index (χ1) is 18.6. The van der Waals surface area contributed by atoms with Crippen molar-refractivity contribution in [1.82, 2.24) is 0 Å². The van der Waals surface area contributed by atoms with Gasteiger partial charge in [-0.3, -0.25) is 6.08 Å². The third-order valence-corrected chi connectivity index (χ3v) is 7.92. The Hall–Kier alpha value is -1.66. The molecule has 4 aromatic carbocycles. The molecule has 0 saturated carbocycles. The van der Waals surface area contributed by atoms with Crippen LogP contribution in [0.2, 0.25) is 0 Å². The summed E-state index contributed by atoms with van der Waals surface area (Å²) >= 11 is 1.51. The molecular formula is C39H48Cl2Zr-2. The Morgan fingerprint density at radius 3 is 1.52 bits per heavy atom. The van der Waals surface area contributed by atoms with E-state index in [1.54, 1.807) is 0 Å². The number of rotatable bonds is 2. The van der Waals surface area contributed by atoms with E-state index in [2.05, 4.69) is 158 Å². The molecule has 0 nitrogen and oxygen atoms in total. The zero-order valence-corrected chi connectivity index (χ0v) is 31.2. The molecule has 4 aromatic rings. The van der Waals surface area contributed by atoms with Crippen LogP contribution in [0.25, 0.3) is 21.5 Å². The fourth-order valence-corrected chi connectivity index (χ4v) is 5.32. The summed E-state index contributed by atoms with van der Waals surface area (Å²) in [6.07, 6.45) is 8.78. The van der Waals surface area contributed by atoms with Crippen LogP contribution < -0.4 is 24.8 Å². The summed E-state index contributed by atoms with van der Waals surface area (Å²) in [5, 5.41) is 5.48. The molecule has 0 spiro atoms. The Balaban J connectivity index is 0.000000353. The first kappa shape index (κ1) is 38.4. The van der Waals surface area contributed by atoms with Gasteiger partial charge in [-0.2, -0.15) is 11.6 Å². The van der Waals surface area contributed by atoms with Crippen LogP contribution in [-0.2, 0) is 41.5 Å². The molecule has 0 aromatic heterocycles. The predicted octanol–water partition coefficient (Wildman–Crippen LogP) is 4.86. The monoisotopic (exact) mass is 676 g/mol. The summed E-state index contributed by atoms with van der Waals surface area (Å²) in [6, 6.07) is 26.7. The van der Waals surface area contributed by atoms with Crippen LogP contribution in [0.3, 0.4) is 0 Å². The molecular weight excluding hydrogens is 631 g/mol. The number of hydrogen-bond donors (Lipinski definition) is 0. The molecule has 5 rings (SSSR count). The Morgan fingerprint density at radius 1 is 0.714 bits per heavy atom. The van der Waals surface area contributed by atoms with E-state index in [-0.39, 0.29) is 35.6 Å². The Bertz CT molecular complexity index is 1410. The van der Waals surface area contributed by atoms with Gasteiger partial charge in [0.1, 0.15) is 0 Å². The van der Waals surface area contributed by atoms with Gasteiger partial charge in [-0.25, -0.2) is 6.08 Å². The van der Waals surface area contributed by atoms with E-state index >= 15 is 0 Å². The van der Waals surface area contributed by atoms with E-state index in [1.165, 1.54) is 68.0 Å². The molecule has 1 aliphatic carbocycles. The van der Waals surface area contributed by atoms with Gasteiger partial charge in [0.25, 0.3) is 0 Å². The number of halogens is 2. The minimum absolute atomic E-state index is 0. The first-order valence-corrected chi connectivity index (χ1v) is 16.0. The van der Waals surface area contributed by atoms with Crippen LogP contribution in [0, 0.1) is 17.4 Å². The third-order valence-electron chi connectivity index (χ3n) is 7.41. The van der Waals surface area contributed by atoms with Crippen LogP contribution >= 0.6 is 0 Å². The number of benzene rings is 3. The van der Waals surface area contributed by atoms with Crippen molar-refractivity contribution in [2.45, 2.75) is 86.5 Å². The fraction of sp³-hybridized carbons (Fsp3) is 0.385. The molecule has 0 bridgehead atoms. The van der Waals surface area contributed by atoms with Gasteiger partial charge >= 0.3 is 70.3 Å². The predicted molar refractivity (Wildman–Crippen MR) is 175 cm³/mol. The maximum atomic E-state index is 3.26. The van der Waals surface area contributed by atoms with Gasteiger partial charge in [-0.15, -0.1) is 39.7 Å². The van der Waals surface area contributed by atoms with Crippen molar-refractivity contribution in [2.24, 2.45) is 11.3 Å². The molecule has 0 N–H and O–H groups in total. The van der Waals surface area contributed by atoms with Gasteiger partial charge in [0, 0.05) is 0 Å². The van der Waals surface area contributed by atoms with Gasteiger partial charge in [0.15, 0.2) is 0 Å². The van der Waals surface area contributed by atoms with Crippen LogP contribution in [-0.4, -0.2) is 3.71 Å². The van der Waals surface area contributed by atoms with E-state index in [9.17, 15) is 0 Å². The summed E-state index contributed by atoms with van der Waals surface area (Å²) in [4.78, 5) is 0. The second-order valence-electron chi connectivity index (χ2n) is 14.1. The molecule has 42 heavy (non-hydrogen) atoms. The van der Waals surface area contributed by atoms with Crippen LogP contribution in [0.15, 0.2) is 90.5 Å². The summed E-state index contributed by atoms with van der Waals surface area (Å²) in [5.74, 6) is 0.522. The van der Waals surface area contributed by atoms with Crippen molar-refractivity contribution in [3.05, 3.63) is 113 Å². The van der Waals surface area contributed by atoms with Crippen molar-refractivity contribution < 1.29 is 49.0 Å². The number of fused-ring (bicyclic) bond motifs is 3. The van der Waals surface area contributed by atoms with Crippen molar-refractivity contribution in [3.8, 4) is 0 Å². The van der Waals surface area contributed by atoms with Crippen LogP contribution in [0.5, 0.6) is 0 Å². The van der Waals surface area contributed by atoms with Crippen molar-refractivity contribution >= 4 is 25.3 Å². The molecule has 0 saturated heterocycles. The molecule has 3 heteroatoms. The molecule has 1 atom stereocenters. The normalized spacial score (nSPS) is 14.6. The van der Waals surface area contributed by atoms with Crippen molar-refractivity contribution in [3.63, 3.8) is 0 Å². The molecule has 0 aliphatic heterocycles. The average molecular weight is 679 g/mol. The average Bonchev–Trinajstić information content (AvgIpc) is 3.47. The molecule has 0 heterocycles. The number of hydrogen-bond acceptors (Lipinski definition) is 0.